The standard InChI is InChI=1S/C11H18BrNO2/c1-11(2,3)15-10(14)13-8-4-5-9(13)6-7-12/h6-7,9H,4-5,8H2,1-3H3/b7-6+. The van der Waals surface area contributed by atoms with Crippen LogP contribution in [0.25, 0.3) is 0 Å². The van der Waals surface area contributed by atoms with Gasteiger partial charge in [0.05, 0.1) is 6.04 Å². The highest BCUT2D eigenvalue weighted by atomic mass is 79.9. The first-order valence-electron chi connectivity index (χ1n) is 5.20. The molecule has 0 spiro atoms. The van der Waals surface area contributed by atoms with Crippen LogP contribution in [0.4, 0.5) is 4.79 Å². The topological polar surface area (TPSA) is 29.5 Å². The third kappa shape index (κ3) is 3.86. The highest BCUT2D eigenvalue weighted by Gasteiger charge is 2.30. The number of carbonyl (C=O) groups is 1. The van der Waals surface area contributed by atoms with Gasteiger partial charge in [0.1, 0.15) is 5.60 Å². The van der Waals surface area contributed by atoms with E-state index in [1.54, 1.807) is 9.89 Å². The molecule has 0 aromatic carbocycles. The van der Waals surface area contributed by atoms with E-state index < -0.39 is 5.60 Å². The molecule has 0 aromatic rings. The summed E-state index contributed by atoms with van der Waals surface area (Å²) in [5.41, 5.74) is -0.414. The number of halogens is 1. The Morgan fingerprint density at radius 3 is 2.73 bits per heavy atom. The van der Waals surface area contributed by atoms with Crippen LogP contribution in [0.15, 0.2) is 11.1 Å². The first-order chi connectivity index (χ1) is 6.94. The zero-order chi connectivity index (χ0) is 11.5. The average Bonchev–Trinajstić information content (AvgIpc) is 2.49. The lowest BCUT2D eigenvalue weighted by Crippen LogP contribution is -2.38. The van der Waals surface area contributed by atoms with Crippen LogP contribution >= 0.6 is 15.9 Å². The number of hydrogen-bond acceptors (Lipinski definition) is 2. The molecule has 15 heavy (non-hydrogen) atoms. The SMILES string of the molecule is CC(C)(C)OC(=O)N1CCCC1/C=C/Br. The smallest absolute Gasteiger partial charge is 0.410 e. The second-order valence-corrected chi connectivity index (χ2v) is 5.23. The summed E-state index contributed by atoms with van der Waals surface area (Å²) in [5.74, 6) is 0. The Balaban J connectivity index is 2.59. The van der Waals surface area contributed by atoms with E-state index in [-0.39, 0.29) is 12.1 Å². The lowest BCUT2D eigenvalue weighted by molar-refractivity contribution is 0.0256. The second kappa shape index (κ2) is 5.01. The molecule has 1 fully saturated rings. The fraction of sp³-hybridized carbons (Fsp3) is 0.727. The fourth-order valence-electron chi connectivity index (χ4n) is 1.62. The Morgan fingerprint density at radius 2 is 2.20 bits per heavy atom. The van der Waals surface area contributed by atoms with Crippen molar-refractivity contribution in [2.24, 2.45) is 0 Å². The Labute approximate surface area is 99.6 Å². The minimum Gasteiger partial charge on any atom is -0.444 e. The first kappa shape index (κ1) is 12.6. The molecule has 1 saturated heterocycles. The van der Waals surface area contributed by atoms with E-state index in [9.17, 15) is 4.79 Å². The van der Waals surface area contributed by atoms with Crippen LogP contribution in [0, 0.1) is 0 Å². The summed E-state index contributed by atoms with van der Waals surface area (Å²) in [4.78, 5) is 15.4. The van der Waals surface area contributed by atoms with Crippen molar-refractivity contribution in [1.82, 2.24) is 4.90 Å². The maximum absolute atomic E-state index is 11.8. The molecular formula is C11H18BrNO2. The summed E-state index contributed by atoms with van der Waals surface area (Å²) < 4.78 is 5.34. The van der Waals surface area contributed by atoms with Crippen LogP contribution < -0.4 is 0 Å². The van der Waals surface area contributed by atoms with Crippen LogP contribution in [-0.4, -0.2) is 29.2 Å². The molecule has 1 amide bonds. The zero-order valence-electron chi connectivity index (χ0n) is 9.50. The van der Waals surface area contributed by atoms with Gasteiger partial charge in [0, 0.05) is 6.54 Å². The molecule has 4 heteroatoms. The van der Waals surface area contributed by atoms with Crippen molar-refractivity contribution in [3.8, 4) is 0 Å². The molecule has 1 aliphatic rings. The van der Waals surface area contributed by atoms with Gasteiger partial charge in [-0.1, -0.05) is 22.0 Å². The number of likely N-dealkylation sites (tertiary alicyclic amines) is 1. The number of carbonyl (C=O) groups excluding carboxylic acids is 1. The molecule has 0 N–H and O–H groups in total. The molecule has 0 saturated carbocycles. The Bertz CT molecular complexity index is 258. The van der Waals surface area contributed by atoms with Crippen molar-refractivity contribution in [3.05, 3.63) is 11.1 Å². The van der Waals surface area contributed by atoms with Crippen molar-refractivity contribution in [1.29, 1.82) is 0 Å². The minimum atomic E-state index is -0.414. The summed E-state index contributed by atoms with van der Waals surface area (Å²) in [6.45, 7) is 6.44. The van der Waals surface area contributed by atoms with E-state index in [0.717, 1.165) is 19.4 Å². The molecule has 0 radical (unpaired) electrons. The van der Waals surface area contributed by atoms with Gasteiger partial charge in [-0.3, -0.25) is 0 Å². The summed E-state index contributed by atoms with van der Waals surface area (Å²) in [7, 11) is 0. The predicted octanol–water partition coefficient (Wildman–Crippen LogP) is 3.29. The highest BCUT2D eigenvalue weighted by Crippen LogP contribution is 2.21. The molecule has 1 heterocycles. The van der Waals surface area contributed by atoms with Gasteiger partial charge in [-0.05, 0) is 38.6 Å². The molecule has 1 aliphatic heterocycles. The lowest BCUT2D eigenvalue weighted by Gasteiger charge is -2.27. The monoisotopic (exact) mass is 275 g/mol. The molecule has 0 aromatic heterocycles. The van der Waals surface area contributed by atoms with Gasteiger partial charge >= 0.3 is 6.09 Å². The van der Waals surface area contributed by atoms with Crippen molar-refractivity contribution in [2.45, 2.75) is 45.3 Å². The van der Waals surface area contributed by atoms with Crippen molar-refractivity contribution >= 4 is 22.0 Å². The molecular weight excluding hydrogens is 258 g/mol. The third-order valence-electron chi connectivity index (χ3n) is 2.22. The van der Waals surface area contributed by atoms with Gasteiger partial charge in [-0.15, -0.1) is 0 Å². The summed E-state index contributed by atoms with van der Waals surface area (Å²) in [5, 5.41) is 0. The maximum Gasteiger partial charge on any atom is 0.410 e. The number of nitrogens with zero attached hydrogens (tertiary/aromatic N) is 1. The number of ether oxygens (including phenoxy) is 1. The number of amides is 1. The molecule has 1 unspecified atom stereocenters. The van der Waals surface area contributed by atoms with Gasteiger partial charge < -0.3 is 9.64 Å². The normalized spacial score (nSPS) is 22.4. The second-order valence-electron chi connectivity index (χ2n) is 4.70. The van der Waals surface area contributed by atoms with Crippen molar-refractivity contribution < 1.29 is 9.53 Å². The Hall–Kier alpha value is -0.510. The van der Waals surface area contributed by atoms with E-state index in [1.165, 1.54) is 0 Å². The number of hydrogen-bond donors (Lipinski definition) is 0. The minimum absolute atomic E-state index is 0.180. The summed E-state index contributed by atoms with van der Waals surface area (Å²) in [6, 6.07) is 0.180. The molecule has 86 valence electrons. The summed E-state index contributed by atoms with van der Waals surface area (Å²) in [6.07, 6.45) is 3.83. The van der Waals surface area contributed by atoms with Crippen LogP contribution in [0.1, 0.15) is 33.6 Å². The van der Waals surface area contributed by atoms with Crippen molar-refractivity contribution in [3.63, 3.8) is 0 Å². The Morgan fingerprint density at radius 1 is 1.53 bits per heavy atom. The van der Waals surface area contributed by atoms with Gasteiger partial charge in [0.15, 0.2) is 0 Å². The van der Waals surface area contributed by atoms with E-state index in [2.05, 4.69) is 15.9 Å². The van der Waals surface area contributed by atoms with E-state index >= 15 is 0 Å². The molecule has 0 aliphatic carbocycles. The van der Waals surface area contributed by atoms with Gasteiger partial charge in [0.2, 0.25) is 0 Å². The quantitative estimate of drug-likeness (QED) is 0.735. The van der Waals surface area contributed by atoms with E-state index in [0.29, 0.717) is 0 Å². The molecule has 3 nitrogen and oxygen atoms in total. The maximum atomic E-state index is 11.8. The van der Waals surface area contributed by atoms with Crippen LogP contribution in [0.2, 0.25) is 0 Å². The average molecular weight is 276 g/mol. The van der Waals surface area contributed by atoms with Crippen LogP contribution in [-0.2, 0) is 4.74 Å². The van der Waals surface area contributed by atoms with E-state index in [1.807, 2.05) is 26.8 Å². The van der Waals surface area contributed by atoms with Gasteiger partial charge in [0.25, 0.3) is 0 Å². The largest absolute Gasteiger partial charge is 0.444 e. The Kier molecular flexibility index (Phi) is 4.20. The van der Waals surface area contributed by atoms with Crippen LogP contribution in [0.5, 0.6) is 0 Å². The molecule has 0 bridgehead atoms. The van der Waals surface area contributed by atoms with Gasteiger partial charge in [-0.25, -0.2) is 4.79 Å². The third-order valence-corrected chi connectivity index (χ3v) is 2.53. The van der Waals surface area contributed by atoms with E-state index in [4.69, 9.17) is 4.74 Å². The fourth-order valence-corrected chi connectivity index (χ4v) is 1.98. The first-order valence-corrected chi connectivity index (χ1v) is 6.12. The number of rotatable bonds is 1. The molecule has 1 atom stereocenters. The summed E-state index contributed by atoms with van der Waals surface area (Å²) >= 11 is 3.24. The van der Waals surface area contributed by atoms with Gasteiger partial charge in [-0.2, -0.15) is 0 Å². The molecule has 1 rings (SSSR count). The zero-order valence-corrected chi connectivity index (χ0v) is 11.1. The van der Waals surface area contributed by atoms with Crippen LogP contribution in [0.3, 0.4) is 0 Å². The lowest BCUT2D eigenvalue weighted by atomic mass is 10.2. The predicted molar refractivity (Wildman–Crippen MR) is 64.0 cm³/mol. The highest BCUT2D eigenvalue weighted by molar-refractivity contribution is 9.11. The van der Waals surface area contributed by atoms with Crippen molar-refractivity contribution in [2.75, 3.05) is 6.54 Å².